The van der Waals surface area contributed by atoms with Crippen molar-refractivity contribution in [1.29, 1.82) is 0 Å². The van der Waals surface area contributed by atoms with Gasteiger partial charge >= 0.3 is 6.09 Å². The molecule has 8 rings (SSSR count). The predicted molar refractivity (Wildman–Crippen MR) is 180 cm³/mol. The average molecular weight is 635 g/mol. The van der Waals surface area contributed by atoms with Crippen molar-refractivity contribution in [3.63, 3.8) is 0 Å². The number of nitrogens with zero attached hydrogens (tertiary/aromatic N) is 2. The fourth-order valence-corrected chi connectivity index (χ4v) is 11.7. The van der Waals surface area contributed by atoms with Gasteiger partial charge in [0.2, 0.25) is 0 Å². The van der Waals surface area contributed by atoms with Gasteiger partial charge in [-0.25, -0.2) is 4.79 Å². The van der Waals surface area contributed by atoms with Crippen LogP contribution in [0.1, 0.15) is 123 Å². The number of hydrogen-bond donors (Lipinski definition) is 1. The van der Waals surface area contributed by atoms with Gasteiger partial charge in [0.05, 0.1) is 18.6 Å². The molecule has 7 nitrogen and oxygen atoms in total. The highest BCUT2D eigenvalue weighted by Crippen LogP contribution is 2.68. The van der Waals surface area contributed by atoms with Crippen LogP contribution < -0.4 is 9.47 Å². The monoisotopic (exact) mass is 634 g/mol. The Morgan fingerprint density at radius 3 is 2.50 bits per heavy atom. The average Bonchev–Trinajstić information content (AvgIpc) is 3.17. The van der Waals surface area contributed by atoms with Gasteiger partial charge in [0, 0.05) is 30.6 Å². The van der Waals surface area contributed by atoms with Crippen LogP contribution >= 0.6 is 0 Å². The van der Waals surface area contributed by atoms with E-state index in [1.807, 2.05) is 32.9 Å². The standard InChI is InChI=1S/C39H58N2O5/c1-35(2,3)46-34(43)41(38-22-27-20-36(4,25-38)24-37(5,21-27)26-38)17-10-8-7-9-16-40-18-15-39-14-13-29(42)19-31(39)45-33-30(44-6)12-11-28(23-40)32(33)39/h11-14,27,29,31,42H,7-10,15-26H2,1-6H3/t27?,29-,31-,36?,37?,38?,39-/m0/s1. The minimum atomic E-state index is -0.485. The van der Waals surface area contributed by atoms with Crippen LogP contribution in [-0.2, 0) is 16.7 Å². The summed E-state index contributed by atoms with van der Waals surface area (Å²) >= 11 is 0. The Hall–Kier alpha value is -2.25. The molecule has 1 spiro atoms. The summed E-state index contributed by atoms with van der Waals surface area (Å²) in [5.41, 5.74) is 2.58. The van der Waals surface area contributed by atoms with Gasteiger partial charge < -0.3 is 24.2 Å². The van der Waals surface area contributed by atoms with Gasteiger partial charge in [-0.2, -0.15) is 0 Å². The van der Waals surface area contributed by atoms with Crippen LogP contribution in [0.5, 0.6) is 11.5 Å². The zero-order valence-electron chi connectivity index (χ0n) is 29.3. The molecule has 1 amide bonds. The van der Waals surface area contributed by atoms with Gasteiger partial charge in [-0.05, 0) is 120 Å². The maximum absolute atomic E-state index is 13.8. The minimum Gasteiger partial charge on any atom is -0.493 e. The molecule has 0 saturated heterocycles. The highest BCUT2D eigenvalue weighted by atomic mass is 16.6. The summed E-state index contributed by atoms with van der Waals surface area (Å²) in [5.74, 6) is 2.41. The lowest BCUT2D eigenvalue weighted by Gasteiger charge is -2.67. The van der Waals surface area contributed by atoms with Crippen LogP contribution in [0, 0.1) is 16.7 Å². The maximum atomic E-state index is 13.8. The number of carbonyl (C=O) groups is 1. The fourth-order valence-electron chi connectivity index (χ4n) is 11.7. The lowest BCUT2D eigenvalue weighted by molar-refractivity contribution is -0.157. The normalized spacial score (nSPS) is 37.3. The van der Waals surface area contributed by atoms with E-state index in [0.29, 0.717) is 17.3 Å². The quantitative estimate of drug-likeness (QED) is 0.221. The molecule has 0 aromatic heterocycles. The number of rotatable bonds is 9. The molecular formula is C39H58N2O5. The first kappa shape index (κ1) is 32.3. The third-order valence-corrected chi connectivity index (χ3v) is 12.4. The highest BCUT2D eigenvalue weighted by Gasteiger charge is 2.63. The summed E-state index contributed by atoms with van der Waals surface area (Å²) in [6, 6.07) is 4.27. The number of benzene rings is 1. The lowest BCUT2D eigenvalue weighted by Crippen LogP contribution is -2.66. The zero-order chi connectivity index (χ0) is 32.5. The van der Waals surface area contributed by atoms with E-state index in [4.69, 9.17) is 14.2 Å². The first-order valence-corrected chi connectivity index (χ1v) is 18.2. The van der Waals surface area contributed by atoms with Gasteiger partial charge in [-0.1, -0.05) is 44.9 Å². The van der Waals surface area contributed by atoms with Gasteiger partial charge in [-0.15, -0.1) is 0 Å². The minimum absolute atomic E-state index is 0.0433. The summed E-state index contributed by atoms with van der Waals surface area (Å²) < 4.78 is 18.3. The number of carbonyl (C=O) groups excluding carboxylic acids is 1. The van der Waals surface area contributed by atoms with Crippen molar-refractivity contribution < 1.29 is 24.1 Å². The summed E-state index contributed by atoms with van der Waals surface area (Å²) in [6.07, 6.45) is 17.1. The van der Waals surface area contributed by atoms with E-state index in [1.54, 1.807) is 7.11 Å². The molecule has 4 bridgehead atoms. The van der Waals surface area contributed by atoms with Gasteiger partial charge in [0.15, 0.2) is 11.5 Å². The Bertz CT molecular complexity index is 1350. The van der Waals surface area contributed by atoms with E-state index in [1.165, 1.54) is 30.4 Å². The number of aliphatic hydroxyl groups is 1. The lowest BCUT2D eigenvalue weighted by atomic mass is 9.42. The van der Waals surface area contributed by atoms with Crippen molar-refractivity contribution in [2.75, 3.05) is 26.7 Å². The van der Waals surface area contributed by atoms with Crippen LogP contribution in [-0.4, -0.2) is 71.1 Å². The molecule has 7 aliphatic rings. The second kappa shape index (κ2) is 11.4. The van der Waals surface area contributed by atoms with Crippen molar-refractivity contribution >= 4 is 6.09 Å². The number of methoxy groups -OCH3 is 1. The van der Waals surface area contributed by atoms with Crippen molar-refractivity contribution in [3.8, 4) is 11.5 Å². The van der Waals surface area contributed by atoms with Crippen molar-refractivity contribution in [2.45, 2.75) is 147 Å². The molecule has 7 heteroatoms. The molecule has 1 N–H and O–H groups in total. The molecule has 254 valence electrons. The van der Waals surface area contributed by atoms with E-state index >= 15 is 0 Å². The third-order valence-electron chi connectivity index (χ3n) is 12.4. The molecule has 1 aromatic carbocycles. The number of hydrogen-bond acceptors (Lipinski definition) is 6. The van der Waals surface area contributed by atoms with Crippen LogP contribution in [0.2, 0.25) is 0 Å². The second-order valence-electron chi connectivity index (χ2n) is 17.9. The summed E-state index contributed by atoms with van der Waals surface area (Å²) in [5, 5.41) is 10.4. The van der Waals surface area contributed by atoms with E-state index < -0.39 is 11.7 Å². The van der Waals surface area contributed by atoms with Crippen LogP contribution in [0.15, 0.2) is 24.3 Å². The molecule has 5 atom stereocenters. The summed E-state index contributed by atoms with van der Waals surface area (Å²) in [4.78, 5) is 18.6. The zero-order valence-corrected chi connectivity index (χ0v) is 29.3. The summed E-state index contributed by atoms with van der Waals surface area (Å²) in [6.45, 7) is 14.7. The number of aliphatic hydroxyl groups excluding tert-OH is 1. The maximum Gasteiger partial charge on any atom is 0.410 e. The molecule has 4 fully saturated rings. The molecule has 0 radical (unpaired) electrons. The van der Waals surface area contributed by atoms with Crippen LogP contribution in [0.25, 0.3) is 0 Å². The molecule has 4 saturated carbocycles. The largest absolute Gasteiger partial charge is 0.493 e. The molecule has 5 aliphatic carbocycles. The van der Waals surface area contributed by atoms with E-state index in [2.05, 4.69) is 35.8 Å². The first-order chi connectivity index (χ1) is 21.7. The Morgan fingerprint density at radius 2 is 1.80 bits per heavy atom. The topological polar surface area (TPSA) is 71.5 Å². The third kappa shape index (κ3) is 5.76. The Morgan fingerprint density at radius 1 is 1.07 bits per heavy atom. The second-order valence-corrected chi connectivity index (χ2v) is 17.9. The smallest absolute Gasteiger partial charge is 0.410 e. The van der Waals surface area contributed by atoms with Gasteiger partial charge in [0.1, 0.15) is 11.7 Å². The van der Waals surface area contributed by atoms with Gasteiger partial charge in [0.25, 0.3) is 0 Å². The van der Waals surface area contributed by atoms with Crippen molar-refractivity contribution in [1.82, 2.24) is 9.80 Å². The van der Waals surface area contributed by atoms with Crippen LogP contribution in [0.3, 0.4) is 0 Å². The van der Waals surface area contributed by atoms with Crippen molar-refractivity contribution in [3.05, 3.63) is 35.4 Å². The van der Waals surface area contributed by atoms with Crippen molar-refractivity contribution in [2.24, 2.45) is 16.7 Å². The molecule has 1 aromatic rings. The van der Waals surface area contributed by atoms with E-state index in [0.717, 1.165) is 95.0 Å². The van der Waals surface area contributed by atoms with E-state index in [9.17, 15) is 9.90 Å². The SMILES string of the molecule is COc1ccc2c3c1O[C@H]1C[C@@H](O)C=C[C@@]31CCN(CCCCCCN(C(=O)OC(C)(C)C)C13CC4CC(C)(CC(C)(C4)C1)C3)C2. The molecule has 46 heavy (non-hydrogen) atoms. The van der Waals surface area contributed by atoms with Crippen LogP contribution in [0.4, 0.5) is 4.79 Å². The number of amides is 1. The molecular weight excluding hydrogens is 576 g/mol. The number of unbranched alkanes of at least 4 members (excludes halogenated alkanes) is 3. The number of ether oxygens (including phenoxy) is 3. The molecule has 2 unspecified atom stereocenters. The molecule has 2 aliphatic heterocycles. The van der Waals surface area contributed by atoms with E-state index in [-0.39, 0.29) is 23.2 Å². The predicted octanol–water partition coefficient (Wildman–Crippen LogP) is 7.77. The van der Waals surface area contributed by atoms with Gasteiger partial charge in [-0.3, -0.25) is 4.90 Å². The first-order valence-electron chi connectivity index (χ1n) is 18.2. The highest BCUT2D eigenvalue weighted by molar-refractivity contribution is 5.69. The Balaban J connectivity index is 0.978. The Labute approximate surface area is 277 Å². The molecule has 2 heterocycles. The summed E-state index contributed by atoms with van der Waals surface area (Å²) in [7, 11) is 1.71. The Kier molecular flexibility index (Phi) is 8.03. The fraction of sp³-hybridized carbons (Fsp3) is 0.769.